The summed E-state index contributed by atoms with van der Waals surface area (Å²) >= 11 is 0. The molecule has 2 aliphatic heterocycles. The summed E-state index contributed by atoms with van der Waals surface area (Å²) in [6, 6.07) is 13.4. The fourth-order valence-electron chi connectivity index (χ4n) is 4.26. The van der Waals surface area contributed by atoms with Gasteiger partial charge in [0.1, 0.15) is 5.75 Å². The molecular formula is C24H30N4O3. The number of carbonyl (C=O) groups is 2. The first-order valence-corrected chi connectivity index (χ1v) is 11.0. The summed E-state index contributed by atoms with van der Waals surface area (Å²) in [5.41, 5.74) is 1.20. The van der Waals surface area contributed by atoms with Crippen LogP contribution in [-0.4, -0.2) is 77.4 Å². The third-order valence-corrected chi connectivity index (χ3v) is 6.12. The van der Waals surface area contributed by atoms with Gasteiger partial charge < -0.3 is 14.5 Å². The second-order valence-corrected chi connectivity index (χ2v) is 8.22. The Balaban J connectivity index is 1.18. The van der Waals surface area contributed by atoms with E-state index in [1.54, 1.807) is 6.20 Å². The van der Waals surface area contributed by atoms with Crippen LogP contribution >= 0.6 is 0 Å². The van der Waals surface area contributed by atoms with Crippen LogP contribution in [-0.2, 0) is 16.1 Å². The molecule has 4 rings (SSSR count). The number of amides is 2. The van der Waals surface area contributed by atoms with Crippen LogP contribution in [0.25, 0.3) is 0 Å². The molecule has 0 unspecified atom stereocenters. The third-order valence-electron chi connectivity index (χ3n) is 6.12. The van der Waals surface area contributed by atoms with E-state index in [0.717, 1.165) is 45.6 Å². The van der Waals surface area contributed by atoms with Crippen molar-refractivity contribution in [2.24, 2.45) is 5.92 Å². The molecular weight excluding hydrogens is 392 g/mol. The average molecular weight is 423 g/mol. The minimum atomic E-state index is -0.0150. The Labute approximate surface area is 183 Å². The van der Waals surface area contributed by atoms with Crippen LogP contribution < -0.4 is 4.74 Å². The SMILES string of the molecule is O=C(COc1ccccc1)N1CCC(C(=O)N2CCN(Cc3cccnc3)CC2)CC1. The van der Waals surface area contributed by atoms with Gasteiger partial charge in [0, 0.05) is 64.1 Å². The Kier molecular flexibility index (Phi) is 7.14. The summed E-state index contributed by atoms with van der Waals surface area (Å²) in [5, 5.41) is 0. The number of carbonyl (C=O) groups excluding carboxylic acids is 2. The van der Waals surface area contributed by atoms with Gasteiger partial charge in [-0.15, -0.1) is 0 Å². The maximum Gasteiger partial charge on any atom is 0.260 e. The summed E-state index contributed by atoms with van der Waals surface area (Å²) in [4.78, 5) is 35.8. The van der Waals surface area contributed by atoms with Gasteiger partial charge in [0.2, 0.25) is 5.91 Å². The first-order valence-electron chi connectivity index (χ1n) is 11.0. The largest absolute Gasteiger partial charge is 0.484 e. The molecule has 0 N–H and O–H groups in total. The molecule has 164 valence electrons. The maximum absolute atomic E-state index is 13.0. The zero-order valence-corrected chi connectivity index (χ0v) is 17.9. The number of piperidine rings is 1. The average Bonchev–Trinajstić information content (AvgIpc) is 2.84. The van der Waals surface area contributed by atoms with Crippen molar-refractivity contribution < 1.29 is 14.3 Å². The van der Waals surface area contributed by atoms with E-state index < -0.39 is 0 Å². The number of piperazine rings is 1. The van der Waals surface area contributed by atoms with Gasteiger partial charge >= 0.3 is 0 Å². The van der Waals surface area contributed by atoms with E-state index in [0.29, 0.717) is 18.8 Å². The molecule has 2 fully saturated rings. The Morgan fingerprint density at radius 1 is 0.903 bits per heavy atom. The number of rotatable bonds is 6. The fraction of sp³-hybridized carbons (Fsp3) is 0.458. The molecule has 31 heavy (non-hydrogen) atoms. The second-order valence-electron chi connectivity index (χ2n) is 8.22. The highest BCUT2D eigenvalue weighted by atomic mass is 16.5. The molecule has 3 heterocycles. The van der Waals surface area contributed by atoms with E-state index in [-0.39, 0.29) is 24.3 Å². The van der Waals surface area contributed by atoms with Crippen LogP contribution in [0.4, 0.5) is 0 Å². The second kappa shape index (κ2) is 10.4. The molecule has 0 atom stereocenters. The van der Waals surface area contributed by atoms with Crippen molar-refractivity contribution >= 4 is 11.8 Å². The molecule has 1 aromatic carbocycles. The lowest BCUT2D eigenvalue weighted by Crippen LogP contribution is -2.51. The lowest BCUT2D eigenvalue weighted by atomic mass is 9.95. The van der Waals surface area contributed by atoms with E-state index in [9.17, 15) is 9.59 Å². The molecule has 2 aromatic rings. The summed E-state index contributed by atoms with van der Waals surface area (Å²) in [7, 11) is 0. The topological polar surface area (TPSA) is 66.0 Å². The van der Waals surface area contributed by atoms with Gasteiger partial charge in [-0.05, 0) is 36.6 Å². The van der Waals surface area contributed by atoms with Crippen LogP contribution in [0.1, 0.15) is 18.4 Å². The van der Waals surface area contributed by atoms with Gasteiger partial charge in [-0.3, -0.25) is 19.5 Å². The molecule has 2 amide bonds. The van der Waals surface area contributed by atoms with Gasteiger partial charge in [-0.1, -0.05) is 24.3 Å². The van der Waals surface area contributed by atoms with Gasteiger partial charge in [0.05, 0.1) is 0 Å². The minimum Gasteiger partial charge on any atom is -0.484 e. The van der Waals surface area contributed by atoms with Gasteiger partial charge in [0.15, 0.2) is 6.61 Å². The van der Waals surface area contributed by atoms with Crippen molar-refractivity contribution in [3.63, 3.8) is 0 Å². The Hall–Kier alpha value is -2.93. The molecule has 1 aromatic heterocycles. The van der Waals surface area contributed by atoms with E-state index in [1.165, 1.54) is 5.56 Å². The number of ether oxygens (including phenoxy) is 1. The number of para-hydroxylation sites is 1. The van der Waals surface area contributed by atoms with Gasteiger partial charge in [0.25, 0.3) is 5.91 Å². The van der Waals surface area contributed by atoms with Crippen molar-refractivity contribution in [3.05, 3.63) is 60.4 Å². The van der Waals surface area contributed by atoms with Crippen LogP contribution in [0.3, 0.4) is 0 Å². The first-order chi connectivity index (χ1) is 15.2. The van der Waals surface area contributed by atoms with Crippen molar-refractivity contribution in [1.82, 2.24) is 19.7 Å². The van der Waals surface area contributed by atoms with E-state index in [1.807, 2.05) is 52.4 Å². The zero-order chi connectivity index (χ0) is 21.5. The summed E-state index contributed by atoms with van der Waals surface area (Å²) in [5.74, 6) is 0.944. The molecule has 0 aliphatic carbocycles. The van der Waals surface area contributed by atoms with E-state index >= 15 is 0 Å². The van der Waals surface area contributed by atoms with Crippen molar-refractivity contribution in [1.29, 1.82) is 0 Å². The smallest absolute Gasteiger partial charge is 0.260 e. The molecule has 0 radical (unpaired) electrons. The predicted molar refractivity (Wildman–Crippen MR) is 117 cm³/mol. The van der Waals surface area contributed by atoms with Gasteiger partial charge in [-0.2, -0.15) is 0 Å². The maximum atomic E-state index is 13.0. The predicted octanol–water partition coefficient (Wildman–Crippen LogP) is 2.04. The molecule has 7 nitrogen and oxygen atoms in total. The van der Waals surface area contributed by atoms with Crippen LogP contribution in [0, 0.1) is 5.92 Å². The normalized spacial score (nSPS) is 18.1. The Morgan fingerprint density at radius 3 is 2.32 bits per heavy atom. The number of hydrogen-bond acceptors (Lipinski definition) is 5. The molecule has 2 saturated heterocycles. The number of aromatic nitrogens is 1. The third kappa shape index (κ3) is 5.82. The summed E-state index contributed by atoms with van der Waals surface area (Å²) < 4.78 is 5.57. The highest BCUT2D eigenvalue weighted by Gasteiger charge is 2.31. The molecule has 0 saturated carbocycles. The van der Waals surface area contributed by atoms with Crippen molar-refractivity contribution in [2.75, 3.05) is 45.9 Å². The molecule has 2 aliphatic rings. The number of pyridine rings is 1. The van der Waals surface area contributed by atoms with E-state index in [2.05, 4.69) is 16.0 Å². The minimum absolute atomic E-state index is 0.0150. The number of benzene rings is 1. The molecule has 7 heteroatoms. The van der Waals surface area contributed by atoms with E-state index in [4.69, 9.17) is 4.74 Å². The molecule has 0 bridgehead atoms. The highest BCUT2D eigenvalue weighted by molar-refractivity contribution is 5.80. The number of likely N-dealkylation sites (tertiary alicyclic amines) is 1. The van der Waals surface area contributed by atoms with Crippen LogP contribution in [0.5, 0.6) is 5.75 Å². The quantitative estimate of drug-likeness (QED) is 0.713. The molecule has 0 spiro atoms. The fourth-order valence-corrected chi connectivity index (χ4v) is 4.26. The standard InChI is InChI=1S/C24H30N4O3/c29-23(19-31-22-6-2-1-3-7-22)27-11-8-21(9-12-27)24(30)28-15-13-26(14-16-28)18-20-5-4-10-25-17-20/h1-7,10,17,21H,8-9,11-16,18-19H2. The lowest BCUT2D eigenvalue weighted by molar-refractivity contribution is -0.142. The first kappa shape index (κ1) is 21.3. The zero-order valence-electron chi connectivity index (χ0n) is 17.9. The summed E-state index contributed by atoms with van der Waals surface area (Å²) in [6.45, 7) is 5.46. The van der Waals surface area contributed by atoms with Crippen LogP contribution in [0.15, 0.2) is 54.9 Å². The lowest BCUT2D eigenvalue weighted by Gasteiger charge is -2.38. The van der Waals surface area contributed by atoms with Crippen LogP contribution in [0.2, 0.25) is 0 Å². The monoisotopic (exact) mass is 422 g/mol. The van der Waals surface area contributed by atoms with Gasteiger partial charge in [-0.25, -0.2) is 0 Å². The number of nitrogens with zero attached hydrogens (tertiary/aromatic N) is 4. The summed E-state index contributed by atoms with van der Waals surface area (Å²) in [6.07, 6.45) is 5.14. The Bertz CT molecular complexity index is 846. The number of hydrogen-bond donors (Lipinski definition) is 0. The highest BCUT2D eigenvalue weighted by Crippen LogP contribution is 2.21. The van der Waals surface area contributed by atoms with Crippen molar-refractivity contribution in [2.45, 2.75) is 19.4 Å². The Morgan fingerprint density at radius 2 is 1.65 bits per heavy atom. The van der Waals surface area contributed by atoms with Crippen molar-refractivity contribution in [3.8, 4) is 5.75 Å².